The highest BCUT2D eigenvalue weighted by Crippen LogP contribution is 2.15. The lowest BCUT2D eigenvalue weighted by molar-refractivity contribution is -0.123. The van der Waals surface area contributed by atoms with Gasteiger partial charge < -0.3 is 10.2 Å². The third kappa shape index (κ3) is 1.98. The largest absolute Gasteiger partial charge is 0.353 e. The molecule has 0 bridgehead atoms. The summed E-state index contributed by atoms with van der Waals surface area (Å²) in [6.45, 7) is 5.36. The van der Waals surface area contributed by atoms with Crippen molar-refractivity contribution in [2.75, 3.05) is 18.0 Å². The number of carbonyl (C=O) groups is 1. The monoisotopic (exact) mass is 220 g/mol. The maximum atomic E-state index is 11.7. The number of hydrogen-bond acceptors (Lipinski definition) is 4. The van der Waals surface area contributed by atoms with E-state index >= 15 is 0 Å². The molecule has 0 unspecified atom stereocenters. The van der Waals surface area contributed by atoms with Gasteiger partial charge in [-0.1, -0.05) is 6.92 Å². The first-order valence-corrected chi connectivity index (χ1v) is 5.56. The van der Waals surface area contributed by atoms with E-state index in [2.05, 4.69) is 15.3 Å². The predicted molar refractivity (Wildman–Crippen MR) is 61.2 cm³/mol. The summed E-state index contributed by atoms with van der Waals surface area (Å²) in [5, 5.41) is 2.86. The number of nitrogens with one attached hydrogen (secondary N) is 1. The summed E-state index contributed by atoms with van der Waals surface area (Å²) in [5.74, 6) is 0.723. The summed E-state index contributed by atoms with van der Waals surface area (Å²) in [6, 6.07) is 1.71. The van der Waals surface area contributed by atoms with Crippen LogP contribution < -0.4 is 10.2 Å². The van der Waals surface area contributed by atoms with E-state index in [9.17, 15) is 4.79 Å². The molecule has 16 heavy (non-hydrogen) atoms. The first-order chi connectivity index (χ1) is 7.72. The molecule has 86 valence electrons. The van der Waals surface area contributed by atoms with Crippen LogP contribution in [0.5, 0.6) is 0 Å². The van der Waals surface area contributed by atoms with Gasteiger partial charge in [0, 0.05) is 25.0 Å². The lowest BCUT2D eigenvalue weighted by atomic mass is 10.1. The second-order valence-corrected chi connectivity index (χ2v) is 3.91. The number of aryl methyl sites for hydroxylation is 1. The summed E-state index contributed by atoms with van der Waals surface area (Å²) < 4.78 is 0. The first kappa shape index (κ1) is 10.9. The molecule has 2 heterocycles. The molecule has 1 atom stereocenters. The minimum absolute atomic E-state index is 0.0684. The molecule has 5 heteroatoms. The Bertz CT molecular complexity index is 393. The number of aromatic nitrogens is 2. The molecular formula is C11H16N4O. The first-order valence-electron chi connectivity index (χ1n) is 5.56. The Hall–Kier alpha value is -1.65. The van der Waals surface area contributed by atoms with Crippen LogP contribution in [0.1, 0.15) is 19.0 Å². The molecule has 1 aromatic rings. The number of nitrogens with zero attached hydrogens (tertiary/aromatic N) is 3. The lowest BCUT2D eigenvalue weighted by Crippen LogP contribution is -2.55. The molecule has 5 nitrogen and oxygen atoms in total. The number of piperazine rings is 1. The van der Waals surface area contributed by atoms with Gasteiger partial charge in [0.15, 0.2) is 0 Å². The van der Waals surface area contributed by atoms with Crippen LogP contribution in [0.2, 0.25) is 0 Å². The third-order valence-corrected chi connectivity index (χ3v) is 2.76. The molecule has 1 fully saturated rings. The van der Waals surface area contributed by atoms with Crippen molar-refractivity contribution in [3.63, 3.8) is 0 Å². The van der Waals surface area contributed by atoms with Crippen molar-refractivity contribution in [2.24, 2.45) is 0 Å². The standard InChI is InChI=1S/C11H16N4O/c1-3-9-10(16)12-6-7-15(9)11-13-5-4-8(2)14-11/h4-5,9H,3,6-7H2,1-2H3,(H,12,16)/t9-/m1/s1. The summed E-state index contributed by atoms with van der Waals surface area (Å²) >= 11 is 0. The fourth-order valence-corrected chi connectivity index (χ4v) is 1.93. The SMILES string of the molecule is CC[C@@H]1C(=O)NCCN1c1nccc(C)n1. The molecule has 0 radical (unpaired) electrons. The van der Waals surface area contributed by atoms with E-state index in [0.717, 1.165) is 18.7 Å². The van der Waals surface area contributed by atoms with Crippen LogP contribution in [-0.4, -0.2) is 35.0 Å². The molecule has 1 N–H and O–H groups in total. The predicted octanol–water partition coefficient (Wildman–Crippen LogP) is 0.500. The van der Waals surface area contributed by atoms with E-state index in [4.69, 9.17) is 0 Å². The minimum Gasteiger partial charge on any atom is -0.353 e. The Morgan fingerprint density at radius 2 is 2.44 bits per heavy atom. The highest BCUT2D eigenvalue weighted by Gasteiger charge is 2.29. The normalized spacial score (nSPS) is 20.8. The van der Waals surface area contributed by atoms with Crippen LogP contribution in [-0.2, 0) is 4.79 Å². The molecule has 0 aliphatic carbocycles. The van der Waals surface area contributed by atoms with Crippen molar-refractivity contribution >= 4 is 11.9 Å². The van der Waals surface area contributed by atoms with E-state index in [1.165, 1.54) is 0 Å². The molecule has 1 aromatic heterocycles. The van der Waals surface area contributed by atoms with Crippen LogP contribution >= 0.6 is 0 Å². The van der Waals surface area contributed by atoms with Gasteiger partial charge in [-0.3, -0.25) is 4.79 Å². The highest BCUT2D eigenvalue weighted by molar-refractivity contribution is 5.85. The summed E-state index contributed by atoms with van der Waals surface area (Å²) in [5.41, 5.74) is 0.922. The van der Waals surface area contributed by atoms with Crippen LogP contribution in [0.4, 0.5) is 5.95 Å². The average molecular weight is 220 g/mol. The average Bonchev–Trinajstić information content (AvgIpc) is 2.28. The van der Waals surface area contributed by atoms with Crippen molar-refractivity contribution < 1.29 is 4.79 Å². The van der Waals surface area contributed by atoms with Crippen molar-refractivity contribution in [1.29, 1.82) is 0 Å². The molecule has 1 saturated heterocycles. The van der Waals surface area contributed by atoms with Crippen LogP contribution in [0, 0.1) is 6.92 Å². The molecule has 0 aromatic carbocycles. The van der Waals surface area contributed by atoms with Crippen molar-refractivity contribution in [3.05, 3.63) is 18.0 Å². The van der Waals surface area contributed by atoms with Gasteiger partial charge in [-0.15, -0.1) is 0 Å². The van der Waals surface area contributed by atoms with Gasteiger partial charge in [-0.05, 0) is 19.4 Å². The number of amides is 1. The van der Waals surface area contributed by atoms with Gasteiger partial charge in [-0.25, -0.2) is 9.97 Å². The second-order valence-electron chi connectivity index (χ2n) is 3.91. The van der Waals surface area contributed by atoms with Gasteiger partial charge in [0.2, 0.25) is 11.9 Å². The maximum Gasteiger partial charge on any atom is 0.242 e. The molecule has 0 spiro atoms. The second kappa shape index (κ2) is 4.47. The van der Waals surface area contributed by atoms with Crippen LogP contribution in [0.15, 0.2) is 12.3 Å². The number of carbonyl (C=O) groups excluding carboxylic acids is 1. The summed E-state index contributed by atoms with van der Waals surface area (Å²) in [7, 11) is 0. The van der Waals surface area contributed by atoms with Gasteiger partial charge in [0.05, 0.1) is 0 Å². The van der Waals surface area contributed by atoms with Gasteiger partial charge in [-0.2, -0.15) is 0 Å². The van der Waals surface area contributed by atoms with Crippen LogP contribution in [0.25, 0.3) is 0 Å². The van der Waals surface area contributed by atoms with Crippen molar-refractivity contribution in [1.82, 2.24) is 15.3 Å². The lowest BCUT2D eigenvalue weighted by Gasteiger charge is -2.34. The molecule has 2 rings (SSSR count). The molecule has 1 aliphatic rings. The summed E-state index contributed by atoms with van der Waals surface area (Å²) in [4.78, 5) is 22.3. The zero-order valence-electron chi connectivity index (χ0n) is 9.60. The third-order valence-electron chi connectivity index (χ3n) is 2.76. The van der Waals surface area contributed by atoms with E-state index in [0.29, 0.717) is 12.5 Å². The zero-order chi connectivity index (χ0) is 11.5. The van der Waals surface area contributed by atoms with E-state index in [1.807, 2.05) is 24.8 Å². The van der Waals surface area contributed by atoms with Gasteiger partial charge >= 0.3 is 0 Å². The Morgan fingerprint density at radius 3 is 3.12 bits per heavy atom. The molecule has 0 saturated carbocycles. The van der Waals surface area contributed by atoms with Crippen molar-refractivity contribution in [2.45, 2.75) is 26.3 Å². The van der Waals surface area contributed by atoms with Crippen LogP contribution in [0.3, 0.4) is 0 Å². The fraction of sp³-hybridized carbons (Fsp3) is 0.545. The van der Waals surface area contributed by atoms with E-state index in [1.54, 1.807) is 6.20 Å². The number of anilines is 1. The highest BCUT2D eigenvalue weighted by atomic mass is 16.2. The molecule has 1 amide bonds. The minimum atomic E-state index is -0.143. The zero-order valence-corrected chi connectivity index (χ0v) is 9.60. The Balaban J connectivity index is 2.27. The van der Waals surface area contributed by atoms with E-state index < -0.39 is 0 Å². The smallest absolute Gasteiger partial charge is 0.242 e. The number of rotatable bonds is 2. The van der Waals surface area contributed by atoms with Gasteiger partial charge in [0.25, 0.3) is 0 Å². The molecule has 1 aliphatic heterocycles. The maximum absolute atomic E-state index is 11.7. The Kier molecular flexibility index (Phi) is 3.03. The van der Waals surface area contributed by atoms with Crippen molar-refractivity contribution in [3.8, 4) is 0 Å². The Labute approximate surface area is 94.9 Å². The quantitative estimate of drug-likeness (QED) is 0.788. The Morgan fingerprint density at radius 1 is 1.62 bits per heavy atom. The molecular weight excluding hydrogens is 204 g/mol. The number of hydrogen-bond donors (Lipinski definition) is 1. The summed E-state index contributed by atoms with van der Waals surface area (Å²) in [6.07, 6.45) is 2.50. The topological polar surface area (TPSA) is 58.1 Å². The van der Waals surface area contributed by atoms with Gasteiger partial charge in [0.1, 0.15) is 6.04 Å². The fourth-order valence-electron chi connectivity index (χ4n) is 1.93. The van der Waals surface area contributed by atoms with E-state index in [-0.39, 0.29) is 11.9 Å².